The van der Waals surface area contributed by atoms with Gasteiger partial charge in [0.15, 0.2) is 11.6 Å². The summed E-state index contributed by atoms with van der Waals surface area (Å²) in [6, 6.07) is 19.5. The van der Waals surface area contributed by atoms with E-state index in [1.54, 1.807) is 44.1 Å². The van der Waals surface area contributed by atoms with E-state index in [-0.39, 0.29) is 57.5 Å². The van der Waals surface area contributed by atoms with Crippen molar-refractivity contribution in [1.29, 1.82) is 0 Å². The molecule has 6 atom stereocenters. The summed E-state index contributed by atoms with van der Waals surface area (Å²) in [6.07, 6.45) is 17.0. The number of pyridine rings is 6. The molecular weight excluding hydrogens is 954 g/mol. The van der Waals surface area contributed by atoms with Gasteiger partial charge in [-0.3, -0.25) is 34.5 Å². The van der Waals surface area contributed by atoms with Gasteiger partial charge in [0.05, 0.1) is 81.1 Å². The number of hydrogen-bond acceptors (Lipinski definition) is 12. The first kappa shape index (κ1) is 52.0. The first-order valence-electron chi connectivity index (χ1n) is 25.2. The lowest BCUT2D eigenvalue weighted by Gasteiger charge is -2.32. The van der Waals surface area contributed by atoms with E-state index in [0.29, 0.717) is 45.7 Å². The summed E-state index contributed by atoms with van der Waals surface area (Å²) >= 11 is 0. The minimum absolute atomic E-state index is 0.0822. The van der Waals surface area contributed by atoms with Crippen molar-refractivity contribution in [3.05, 3.63) is 167 Å². The van der Waals surface area contributed by atoms with Crippen LogP contribution < -0.4 is 31.9 Å². The molecule has 6 N–H and O–H groups in total. The van der Waals surface area contributed by atoms with Crippen LogP contribution in [0, 0.1) is 43.1 Å². The monoisotopic (exact) mass is 1010 g/mol. The fraction of sp³-hybridized carbons (Fsp3) is 0.310. The number of amides is 2. The number of aryl methyl sites for hydroxylation is 2. The van der Waals surface area contributed by atoms with Gasteiger partial charge in [0.2, 0.25) is 0 Å². The number of halogens is 3. The van der Waals surface area contributed by atoms with E-state index < -0.39 is 23.4 Å². The van der Waals surface area contributed by atoms with Crippen LogP contribution >= 0.6 is 0 Å². The molecule has 0 radical (unpaired) electrons. The van der Waals surface area contributed by atoms with Crippen molar-refractivity contribution in [3.63, 3.8) is 0 Å². The van der Waals surface area contributed by atoms with E-state index in [1.165, 1.54) is 59.8 Å². The molecule has 2 amide bonds. The van der Waals surface area contributed by atoms with E-state index in [0.717, 1.165) is 66.7 Å². The van der Waals surface area contributed by atoms with Crippen molar-refractivity contribution in [3.8, 4) is 0 Å². The second-order valence-electron chi connectivity index (χ2n) is 20.2. The normalized spacial score (nSPS) is 19.5. The Morgan fingerprint density at radius 2 is 1.09 bits per heavy atom. The van der Waals surface area contributed by atoms with Gasteiger partial charge in [-0.1, -0.05) is 13.8 Å². The lowest BCUT2D eigenvalue weighted by atomic mass is 9.76. The molecule has 0 aliphatic heterocycles. The zero-order valence-electron chi connectivity index (χ0n) is 42.9. The highest BCUT2D eigenvalue weighted by molar-refractivity contribution is 6.13. The molecule has 386 valence electrons. The van der Waals surface area contributed by atoms with Crippen molar-refractivity contribution >= 4 is 67.9 Å². The summed E-state index contributed by atoms with van der Waals surface area (Å²) < 4.78 is 44.1. The van der Waals surface area contributed by atoms with Crippen LogP contribution in [-0.4, -0.2) is 67.9 Å². The van der Waals surface area contributed by atoms with Gasteiger partial charge in [0, 0.05) is 61.2 Å². The first-order valence-corrected chi connectivity index (χ1v) is 25.2. The van der Waals surface area contributed by atoms with Crippen LogP contribution in [-0.2, 0) is 0 Å². The summed E-state index contributed by atoms with van der Waals surface area (Å²) in [5.74, 6) is -0.730. The van der Waals surface area contributed by atoms with Crippen LogP contribution in [0.5, 0.6) is 0 Å². The molecule has 8 aromatic rings. The molecule has 0 spiro atoms. The molecule has 0 saturated heterocycles. The van der Waals surface area contributed by atoms with Gasteiger partial charge in [-0.05, 0) is 160 Å². The predicted octanol–water partition coefficient (Wildman–Crippen LogP) is 11.6. The van der Waals surface area contributed by atoms with Gasteiger partial charge in [-0.2, -0.15) is 0 Å². The van der Waals surface area contributed by atoms with Crippen LogP contribution in [0.15, 0.2) is 116 Å². The van der Waals surface area contributed by atoms with Crippen LogP contribution in [0.1, 0.15) is 107 Å². The van der Waals surface area contributed by atoms with Crippen LogP contribution in [0.25, 0.3) is 21.8 Å². The molecule has 0 bridgehead atoms. The van der Waals surface area contributed by atoms with Crippen LogP contribution in [0.3, 0.4) is 0 Å². The van der Waals surface area contributed by atoms with Crippen molar-refractivity contribution in [1.82, 2.24) is 29.9 Å². The van der Waals surface area contributed by atoms with Gasteiger partial charge in [0.1, 0.15) is 11.6 Å². The summed E-state index contributed by atoms with van der Waals surface area (Å²) in [7, 11) is 3.50. The SMILES string of the molecule is C[C@@H]1C[C@H](N)C[C@H](c2ccncc2NC(=O)c2ccc(F)c3cc(N(C)c4ncccc4F)cnc23)C1.Cc1ccc(N(C)c2cnc3c(C(=O)Nc4cnccc4[C@@H]4C[C@H](C)C[C@H](N)C4)ccc(F)c3c2)c(C)n1. The number of benzene rings is 2. The summed E-state index contributed by atoms with van der Waals surface area (Å²) in [4.78, 5) is 56.2. The smallest absolute Gasteiger partial charge is 0.257 e. The zero-order chi connectivity index (χ0) is 53.1. The Morgan fingerprint density at radius 1 is 0.587 bits per heavy atom. The fourth-order valence-electron chi connectivity index (χ4n) is 10.9. The summed E-state index contributed by atoms with van der Waals surface area (Å²) in [5, 5.41) is 6.40. The average molecular weight is 1020 g/mol. The number of hydrogen-bond donors (Lipinski definition) is 4. The molecule has 2 aliphatic rings. The van der Waals surface area contributed by atoms with Crippen LogP contribution in [0.2, 0.25) is 0 Å². The van der Waals surface area contributed by atoms with E-state index in [9.17, 15) is 22.8 Å². The maximum Gasteiger partial charge on any atom is 0.257 e. The molecule has 2 aromatic carbocycles. The van der Waals surface area contributed by atoms with Gasteiger partial charge >= 0.3 is 0 Å². The van der Waals surface area contributed by atoms with E-state index in [1.807, 2.05) is 50.1 Å². The summed E-state index contributed by atoms with van der Waals surface area (Å²) in [6.45, 7) is 8.28. The summed E-state index contributed by atoms with van der Waals surface area (Å²) in [5.41, 5.74) is 20.7. The number of fused-ring (bicyclic) bond motifs is 2. The largest absolute Gasteiger partial charge is 0.342 e. The molecule has 75 heavy (non-hydrogen) atoms. The second-order valence-corrected chi connectivity index (χ2v) is 20.2. The number of aromatic nitrogens is 6. The number of rotatable bonds is 10. The first-order chi connectivity index (χ1) is 36.0. The molecule has 6 heterocycles. The molecule has 2 fully saturated rings. The Kier molecular flexibility index (Phi) is 15.5. The molecule has 14 nitrogen and oxygen atoms in total. The highest BCUT2D eigenvalue weighted by atomic mass is 19.1. The van der Waals surface area contributed by atoms with Gasteiger partial charge in [-0.25, -0.2) is 18.2 Å². The van der Waals surface area contributed by atoms with Gasteiger partial charge < -0.3 is 31.9 Å². The predicted molar refractivity (Wildman–Crippen MR) is 289 cm³/mol. The second kappa shape index (κ2) is 22.3. The number of carbonyl (C=O) groups is 2. The van der Waals surface area contributed by atoms with E-state index in [2.05, 4.69) is 54.4 Å². The molecular formula is C58H61F3N12O2. The highest BCUT2D eigenvalue weighted by Crippen LogP contribution is 2.41. The molecule has 17 heteroatoms. The Labute approximate surface area is 434 Å². The van der Waals surface area contributed by atoms with Crippen LogP contribution in [0.4, 0.5) is 47.4 Å². The van der Waals surface area contributed by atoms with E-state index >= 15 is 0 Å². The molecule has 0 unspecified atom stereocenters. The Bertz CT molecular complexity index is 3390. The number of anilines is 6. The van der Waals surface area contributed by atoms with Crippen molar-refractivity contribution in [2.24, 2.45) is 23.3 Å². The standard InChI is InChI=1S/C30H33FN6O.C28H28F2N6O/c1-17-11-20(13-21(32)12-17)23-9-10-33-16-27(23)36-30(38)24-6-7-26(31)25-14-22(15-34-29(24)25)37(4)28-8-5-18(2)35-19(28)3;1-16-10-17(12-18(31)11-16)20-7-9-32-15-25(20)35-28(37)21-5-6-23(29)22-13-19(14-34-26(21)22)36(2)27-24(30)4-3-8-33-27/h5-10,14-17,20-21H,11-13,32H2,1-4H3,(H,36,38);3-9,13-18H,10-12,31H2,1-2H3,(H,35,37)/t17-,20+,21-;16-,17+,18-/m00/s1. The number of carbonyl (C=O) groups excluding carboxylic acids is 2. The maximum absolute atomic E-state index is 15.0. The van der Waals surface area contributed by atoms with Crippen molar-refractivity contribution < 1.29 is 22.8 Å². The topological polar surface area (TPSA) is 194 Å². The third-order valence-electron chi connectivity index (χ3n) is 14.5. The molecule has 2 aliphatic carbocycles. The highest BCUT2D eigenvalue weighted by Gasteiger charge is 2.30. The lowest BCUT2D eigenvalue weighted by Crippen LogP contribution is -2.31. The van der Waals surface area contributed by atoms with Crippen molar-refractivity contribution in [2.75, 3.05) is 34.5 Å². The number of nitrogens with two attached hydrogens (primary N) is 2. The number of nitrogens with zero attached hydrogens (tertiary/aromatic N) is 8. The Hall–Kier alpha value is -7.89. The lowest BCUT2D eigenvalue weighted by molar-refractivity contribution is 0.101. The zero-order valence-corrected chi connectivity index (χ0v) is 42.9. The third-order valence-corrected chi connectivity index (χ3v) is 14.5. The maximum atomic E-state index is 15.0. The third kappa shape index (κ3) is 11.4. The number of nitrogens with one attached hydrogen (secondary N) is 2. The molecule has 6 aromatic heterocycles. The minimum atomic E-state index is -0.539. The van der Waals surface area contributed by atoms with Gasteiger partial charge in [0.25, 0.3) is 11.8 Å². The quantitative estimate of drug-likeness (QED) is 0.101. The Morgan fingerprint density at radius 3 is 1.57 bits per heavy atom. The average Bonchev–Trinajstić information content (AvgIpc) is 3.38. The van der Waals surface area contributed by atoms with E-state index in [4.69, 9.17) is 11.5 Å². The fourth-order valence-corrected chi connectivity index (χ4v) is 10.9. The van der Waals surface area contributed by atoms with Gasteiger partial charge in [-0.15, -0.1) is 0 Å². The minimum Gasteiger partial charge on any atom is -0.342 e. The van der Waals surface area contributed by atoms with Crippen molar-refractivity contribution in [2.45, 2.75) is 90.1 Å². The Balaban J connectivity index is 0.000000184. The molecule has 10 rings (SSSR count). The molecule has 2 saturated carbocycles.